The predicted molar refractivity (Wildman–Crippen MR) is 51.2 cm³/mol. The summed E-state index contributed by atoms with van der Waals surface area (Å²) in [5, 5.41) is 0. The van der Waals surface area contributed by atoms with E-state index in [9.17, 15) is 4.79 Å². The molecule has 0 radical (unpaired) electrons. The number of Topliss-reactive ketones (excluding diaryl/α,β-unsaturated/α-hetero) is 1. The van der Waals surface area contributed by atoms with Crippen LogP contribution >= 0.6 is 0 Å². The normalized spacial score (nSPS) is 14.4. The minimum Gasteiger partial charge on any atom is -0.388 e. The first-order chi connectivity index (χ1) is 5.54. The van der Waals surface area contributed by atoms with Crippen LogP contribution < -0.4 is 5.73 Å². The van der Waals surface area contributed by atoms with Crippen LogP contribution in [0.2, 0.25) is 0 Å². The standard InChI is InChI=1S/C9H18N2O/c1-7(8(2)12)5-4-6-11-9(3)10/h7H,4-6H2,1-3H3,(H2,10,11)/t7-/m0/s1. The van der Waals surface area contributed by atoms with Crippen LogP contribution in [-0.4, -0.2) is 18.2 Å². The Bertz CT molecular complexity index is 171. The quantitative estimate of drug-likeness (QED) is 0.385. The lowest BCUT2D eigenvalue weighted by atomic mass is 10.0. The maximum atomic E-state index is 10.8. The molecule has 0 rings (SSSR count). The fourth-order valence-electron chi connectivity index (χ4n) is 0.856. The topological polar surface area (TPSA) is 55.5 Å². The van der Waals surface area contributed by atoms with Crippen molar-refractivity contribution >= 4 is 11.6 Å². The van der Waals surface area contributed by atoms with Gasteiger partial charge in [0.2, 0.25) is 0 Å². The van der Waals surface area contributed by atoms with Crippen LogP contribution in [-0.2, 0) is 4.79 Å². The average Bonchev–Trinajstić information content (AvgIpc) is 1.97. The van der Waals surface area contributed by atoms with Crippen LogP contribution in [0.3, 0.4) is 0 Å². The summed E-state index contributed by atoms with van der Waals surface area (Å²) in [6.45, 7) is 6.08. The van der Waals surface area contributed by atoms with Gasteiger partial charge in [-0.25, -0.2) is 0 Å². The van der Waals surface area contributed by atoms with E-state index >= 15 is 0 Å². The molecule has 0 bridgehead atoms. The number of nitrogens with two attached hydrogens (primary N) is 1. The van der Waals surface area contributed by atoms with Gasteiger partial charge in [0.15, 0.2) is 0 Å². The van der Waals surface area contributed by atoms with E-state index in [1.165, 1.54) is 0 Å². The summed E-state index contributed by atoms with van der Waals surface area (Å²) in [4.78, 5) is 14.9. The van der Waals surface area contributed by atoms with Gasteiger partial charge in [0.25, 0.3) is 0 Å². The molecule has 0 aliphatic rings. The van der Waals surface area contributed by atoms with Crippen molar-refractivity contribution in [3.05, 3.63) is 0 Å². The summed E-state index contributed by atoms with van der Waals surface area (Å²) in [5.74, 6) is 1.03. The number of hydrogen-bond donors (Lipinski definition) is 1. The molecule has 2 N–H and O–H groups in total. The molecule has 0 unspecified atom stereocenters. The van der Waals surface area contributed by atoms with Crippen LogP contribution in [0.15, 0.2) is 4.99 Å². The smallest absolute Gasteiger partial charge is 0.132 e. The molecule has 0 aliphatic carbocycles. The highest BCUT2D eigenvalue weighted by atomic mass is 16.1. The number of aliphatic imine (C=N–C) groups is 1. The molecule has 0 aromatic heterocycles. The van der Waals surface area contributed by atoms with Gasteiger partial charge in [-0.15, -0.1) is 0 Å². The Balaban J connectivity index is 3.44. The summed E-state index contributed by atoms with van der Waals surface area (Å²) < 4.78 is 0. The molecule has 0 aromatic rings. The maximum Gasteiger partial charge on any atom is 0.132 e. The molecule has 0 aromatic carbocycles. The number of hydrogen-bond acceptors (Lipinski definition) is 2. The van der Waals surface area contributed by atoms with Crippen molar-refractivity contribution in [2.75, 3.05) is 6.54 Å². The number of rotatable bonds is 5. The number of nitrogens with zero attached hydrogens (tertiary/aromatic N) is 1. The lowest BCUT2D eigenvalue weighted by Crippen LogP contribution is -2.08. The Morgan fingerprint density at radius 2 is 2.08 bits per heavy atom. The first-order valence-corrected chi connectivity index (χ1v) is 4.31. The molecule has 0 heterocycles. The average molecular weight is 170 g/mol. The number of carbonyl (C=O) groups excluding carboxylic acids is 1. The molecule has 70 valence electrons. The number of ketones is 1. The van der Waals surface area contributed by atoms with E-state index in [1.807, 2.05) is 6.92 Å². The Kier molecular flexibility index (Phi) is 5.34. The second-order valence-electron chi connectivity index (χ2n) is 3.18. The van der Waals surface area contributed by atoms with Gasteiger partial charge in [0, 0.05) is 12.5 Å². The molecule has 12 heavy (non-hydrogen) atoms. The van der Waals surface area contributed by atoms with Crippen LogP contribution in [0.5, 0.6) is 0 Å². The van der Waals surface area contributed by atoms with Gasteiger partial charge in [-0.1, -0.05) is 6.92 Å². The van der Waals surface area contributed by atoms with Crippen molar-refractivity contribution in [1.82, 2.24) is 0 Å². The van der Waals surface area contributed by atoms with Crippen LogP contribution in [0.4, 0.5) is 0 Å². The minimum absolute atomic E-state index is 0.165. The van der Waals surface area contributed by atoms with Crippen molar-refractivity contribution in [1.29, 1.82) is 0 Å². The zero-order valence-electron chi connectivity index (χ0n) is 8.13. The minimum atomic E-state index is 0.165. The highest BCUT2D eigenvalue weighted by molar-refractivity contribution is 5.78. The molecular weight excluding hydrogens is 152 g/mol. The zero-order valence-corrected chi connectivity index (χ0v) is 8.13. The zero-order chi connectivity index (χ0) is 9.56. The fraction of sp³-hybridized carbons (Fsp3) is 0.778. The Labute approximate surface area is 74.1 Å². The van der Waals surface area contributed by atoms with E-state index < -0.39 is 0 Å². The van der Waals surface area contributed by atoms with E-state index in [-0.39, 0.29) is 11.7 Å². The van der Waals surface area contributed by atoms with E-state index in [0.717, 1.165) is 19.4 Å². The first kappa shape index (κ1) is 11.1. The lowest BCUT2D eigenvalue weighted by Gasteiger charge is -2.04. The van der Waals surface area contributed by atoms with Crippen molar-refractivity contribution in [3.63, 3.8) is 0 Å². The monoisotopic (exact) mass is 170 g/mol. The maximum absolute atomic E-state index is 10.8. The van der Waals surface area contributed by atoms with Crippen molar-refractivity contribution < 1.29 is 4.79 Å². The van der Waals surface area contributed by atoms with Crippen molar-refractivity contribution in [2.45, 2.75) is 33.6 Å². The molecule has 1 atom stereocenters. The van der Waals surface area contributed by atoms with Gasteiger partial charge in [0.1, 0.15) is 5.78 Å². The highest BCUT2D eigenvalue weighted by Gasteiger charge is 2.05. The summed E-state index contributed by atoms with van der Waals surface area (Å²) in [7, 11) is 0. The Hall–Kier alpha value is -0.860. The third-order valence-electron chi connectivity index (χ3n) is 1.85. The molecule has 0 spiro atoms. The molecule has 0 amide bonds. The van der Waals surface area contributed by atoms with E-state index in [0.29, 0.717) is 5.84 Å². The summed E-state index contributed by atoms with van der Waals surface area (Å²) in [5.41, 5.74) is 5.35. The van der Waals surface area contributed by atoms with E-state index in [2.05, 4.69) is 4.99 Å². The summed E-state index contributed by atoms with van der Waals surface area (Å²) >= 11 is 0. The van der Waals surface area contributed by atoms with Gasteiger partial charge < -0.3 is 5.73 Å². The third-order valence-corrected chi connectivity index (χ3v) is 1.85. The van der Waals surface area contributed by atoms with E-state index in [1.54, 1.807) is 13.8 Å². The van der Waals surface area contributed by atoms with Gasteiger partial charge in [-0.2, -0.15) is 0 Å². The Morgan fingerprint density at radius 3 is 2.50 bits per heavy atom. The van der Waals surface area contributed by atoms with Crippen molar-refractivity contribution in [3.8, 4) is 0 Å². The Morgan fingerprint density at radius 1 is 1.50 bits per heavy atom. The molecule has 0 saturated heterocycles. The second kappa shape index (κ2) is 5.75. The molecular formula is C9H18N2O. The largest absolute Gasteiger partial charge is 0.388 e. The van der Waals surface area contributed by atoms with Crippen molar-refractivity contribution in [2.24, 2.45) is 16.6 Å². The van der Waals surface area contributed by atoms with E-state index in [4.69, 9.17) is 5.73 Å². The molecule has 0 saturated carbocycles. The second-order valence-corrected chi connectivity index (χ2v) is 3.18. The van der Waals surface area contributed by atoms with Crippen LogP contribution in [0.25, 0.3) is 0 Å². The molecule has 0 aliphatic heterocycles. The van der Waals surface area contributed by atoms with Gasteiger partial charge in [0.05, 0.1) is 5.84 Å². The van der Waals surface area contributed by atoms with Crippen LogP contribution in [0.1, 0.15) is 33.6 Å². The molecule has 0 fully saturated rings. The molecule has 3 heteroatoms. The van der Waals surface area contributed by atoms with Crippen LogP contribution in [0, 0.1) is 5.92 Å². The number of amidine groups is 1. The fourth-order valence-corrected chi connectivity index (χ4v) is 0.856. The molecule has 3 nitrogen and oxygen atoms in total. The van der Waals surface area contributed by atoms with Gasteiger partial charge in [-0.05, 0) is 26.7 Å². The highest BCUT2D eigenvalue weighted by Crippen LogP contribution is 2.05. The predicted octanol–water partition coefficient (Wildman–Crippen LogP) is 1.37. The van der Waals surface area contributed by atoms with Gasteiger partial charge in [-0.3, -0.25) is 9.79 Å². The van der Waals surface area contributed by atoms with Gasteiger partial charge >= 0.3 is 0 Å². The summed E-state index contributed by atoms with van der Waals surface area (Å²) in [6, 6.07) is 0. The lowest BCUT2D eigenvalue weighted by molar-refractivity contribution is -0.120. The SMILES string of the molecule is CC(=O)[C@@H](C)CCCN=C(C)N. The third kappa shape index (κ3) is 5.89. The summed E-state index contributed by atoms with van der Waals surface area (Å²) in [6.07, 6.45) is 1.85. The number of carbonyl (C=O) groups is 1. The first-order valence-electron chi connectivity index (χ1n) is 4.31.